The molecular formula is C17H18ClF3N2. The average Bonchev–Trinajstić information content (AvgIpc) is 2.52. The van der Waals surface area contributed by atoms with E-state index in [1.54, 1.807) is 18.2 Å². The van der Waals surface area contributed by atoms with E-state index in [2.05, 4.69) is 5.32 Å². The van der Waals surface area contributed by atoms with Crippen LogP contribution in [0.2, 0.25) is 5.02 Å². The normalized spacial score (nSPS) is 13.1. The molecule has 2 aromatic carbocycles. The molecule has 2 nitrogen and oxygen atoms in total. The van der Waals surface area contributed by atoms with Gasteiger partial charge in [-0.2, -0.15) is 13.2 Å². The molecule has 0 aliphatic carbocycles. The number of nitrogens with two attached hydrogens (primary N) is 1. The van der Waals surface area contributed by atoms with E-state index in [0.717, 1.165) is 11.6 Å². The Morgan fingerprint density at radius 1 is 1.04 bits per heavy atom. The van der Waals surface area contributed by atoms with Crippen LogP contribution < -0.4 is 11.1 Å². The highest BCUT2D eigenvalue weighted by atomic mass is 35.5. The van der Waals surface area contributed by atoms with Crippen molar-refractivity contribution in [1.29, 1.82) is 0 Å². The molecule has 6 heteroatoms. The smallest absolute Gasteiger partial charge is 0.329 e. The molecule has 0 fully saturated rings. The number of alkyl halides is 3. The fraction of sp³-hybridized carbons (Fsp3) is 0.294. The highest BCUT2D eigenvalue weighted by Gasteiger charge is 2.32. The highest BCUT2D eigenvalue weighted by molar-refractivity contribution is 6.30. The first kappa shape index (κ1) is 17.8. The first-order valence-electron chi connectivity index (χ1n) is 7.23. The van der Waals surface area contributed by atoms with Gasteiger partial charge in [0.25, 0.3) is 0 Å². The van der Waals surface area contributed by atoms with Gasteiger partial charge in [0.2, 0.25) is 0 Å². The SMILES string of the molecule is NCC(Cc1ccc(Cl)cc1)NCc1ccccc1C(F)(F)F. The lowest BCUT2D eigenvalue weighted by Gasteiger charge is -2.19. The quantitative estimate of drug-likeness (QED) is 0.832. The summed E-state index contributed by atoms with van der Waals surface area (Å²) in [6, 6.07) is 12.8. The third-order valence-electron chi connectivity index (χ3n) is 3.58. The molecule has 23 heavy (non-hydrogen) atoms. The molecule has 0 aromatic heterocycles. The maximum Gasteiger partial charge on any atom is 0.416 e. The van der Waals surface area contributed by atoms with Crippen molar-refractivity contribution in [3.05, 3.63) is 70.2 Å². The second-order valence-electron chi connectivity index (χ2n) is 5.30. The van der Waals surface area contributed by atoms with E-state index in [4.69, 9.17) is 17.3 Å². The molecule has 2 aromatic rings. The standard InChI is InChI=1S/C17H18ClF3N2/c18-14-7-5-12(6-8-14)9-15(10-22)23-11-13-3-1-2-4-16(13)17(19,20)21/h1-8,15,23H,9-11,22H2. The fourth-order valence-corrected chi connectivity index (χ4v) is 2.48. The molecule has 1 unspecified atom stereocenters. The summed E-state index contributed by atoms with van der Waals surface area (Å²) in [4.78, 5) is 0. The van der Waals surface area contributed by atoms with Gasteiger partial charge in [0, 0.05) is 24.2 Å². The Balaban J connectivity index is 2.02. The first-order chi connectivity index (χ1) is 10.9. The fourth-order valence-electron chi connectivity index (χ4n) is 2.35. The number of benzene rings is 2. The van der Waals surface area contributed by atoms with E-state index in [9.17, 15) is 13.2 Å². The molecule has 0 spiro atoms. The molecule has 0 bridgehead atoms. The summed E-state index contributed by atoms with van der Waals surface area (Å²) < 4.78 is 38.9. The van der Waals surface area contributed by atoms with Gasteiger partial charge in [0.05, 0.1) is 5.56 Å². The van der Waals surface area contributed by atoms with Crippen LogP contribution in [0.5, 0.6) is 0 Å². The summed E-state index contributed by atoms with van der Waals surface area (Å²) in [5, 5.41) is 3.75. The number of halogens is 4. The highest BCUT2D eigenvalue weighted by Crippen LogP contribution is 2.31. The second kappa shape index (κ2) is 7.81. The summed E-state index contributed by atoms with van der Waals surface area (Å²) in [6.45, 7) is 0.446. The van der Waals surface area contributed by atoms with Gasteiger partial charge in [-0.3, -0.25) is 0 Å². The second-order valence-corrected chi connectivity index (χ2v) is 5.74. The van der Waals surface area contributed by atoms with Crippen molar-refractivity contribution < 1.29 is 13.2 Å². The average molecular weight is 343 g/mol. The Kier molecular flexibility index (Phi) is 6.04. The summed E-state index contributed by atoms with van der Waals surface area (Å²) >= 11 is 5.84. The summed E-state index contributed by atoms with van der Waals surface area (Å²) in [5.41, 5.74) is 6.36. The molecule has 0 saturated heterocycles. The monoisotopic (exact) mass is 342 g/mol. The van der Waals surface area contributed by atoms with E-state index >= 15 is 0 Å². The van der Waals surface area contributed by atoms with Crippen molar-refractivity contribution in [3.8, 4) is 0 Å². The molecule has 3 N–H and O–H groups in total. The Labute approximate surface area is 138 Å². The van der Waals surface area contributed by atoms with Crippen molar-refractivity contribution in [3.63, 3.8) is 0 Å². The topological polar surface area (TPSA) is 38.0 Å². The lowest BCUT2D eigenvalue weighted by atomic mass is 10.0. The summed E-state index contributed by atoms with van der Waals surface area (Å²) in [7, 11) is 0. The van der Waals surface area contributed by atoms with E-state index in [-0.39, 0.29) is 18.2 Å². The molecule has 0 heterocycles. The Bertz CT molecular complexity index is 626. The van der Waals surface area contributed by atoms with Crippen LogP contribution in [-0.2, 0) is 19.1 Å². The van der Waals surface area contributed by atoms with Gasteiger partial charge in [-0.05, 0) is 35.7 Å². The zero-order valence-electron chi connectivity index (χ0n) is 12.4. The van der Waals surface area contributed by atoms with Gasteiger partial charge in [-0.1, -0.05) is 41.9 Å². The van der Waals surface area contributed by atoms with Crippen molar-refractivity contribution >= 4 is 11.6 Å². The predicted octanol–water partition coefficient (Wildman–Crippen LogP) is 4.02. The molecule has 0 aliphatic heterocycles. The minimum atomic E-state index is -4.35. The van der Waals surface area contributed by atoms with Crippen LogP contribution in [0.4, 0.5) is 13.2 Å². The Hall–Kier alpha value is -1.56. The third kappa shape index (κ3) is 5.23. The van der Waals surface area contributed by atoms with Crippen LogP contribution in [0, 0.1) is 0 Å². The lowest BCUT2D eigenvalue weighted by Crippen LogP contribution is -2.37. The molecular weight excluding hydrogens is 325 g/mol. The zero-order chi connectivity index (χ0) is 16.9. The molecule has 2 rings (SSSR count). The van der Waals surface area contributed by atoms with Crippen molar-refractivity contribution in [1.82, 2.24) is 5.32 Å². The van der Waals surface area contributed by atoms with Gasteiger partial charge in [0.15, 0.2) is 0 Å². The largest absolute Gasteiger partial charge is 0.416 e. The van der Waals surface area contributed by atoms with Gasteiger partial charge in [-0.15, -0.1) is 0 Å². The first-order valence-corrected chi connectivity index (χ1v) is 7.61. The number of hydrogen-bond acceptors (Lipinski definition) is 2. The lowest BCUT2D eigenvalue weighted by molar-refractivity contribution is -0.138. The van der Waals surface area contributed by atoms with E-state index < -0.39 is 11.7 Å². The van der Waals surface area contributed by atoms with Crippen LogP contribution >= 0.6 is 11.6 Å². The van der Waals surface area contributed by atoms with Crippen molar-refractivity contribution in [2.45, 2.75) is 25.2 Å². The molecule has 1 atom stereocenters. The zero-order valence-corrected chi connectivity index (χ0v) is 13.2. The van der Waals surface area contributed by atoms with Gasteiger partial charge in [0.1, 0.15) is 0 Å². The van der Waals surface area contributed by atoms with Crippen LogP contribution in [0.1, 0.15) is 16.7 Å². The molecule has 0 radical (unpaired) electrons. The van der Waals surface area contributed by atoms with Crippen LogP contribution in [0.3, 0.4) is 0 Å². The summed E-state index contributed by atoms with van der Waals surface area (Å²) in [6.07, 6.45) is -3.73. The third-order valence-corrected chi connectivity index (χ3v) is 3.84. The van der Waals surface area contributed by atoms with Gasteiger partial charge < -0.3 is 11.1 Å². The van der Waals surface area contributed by atoms with E-state index in [1.165, 1.54) is 12.1 Å². The number of rotatable bonds is 6. The van der Waals surface area contributed by atoms with Crippen molar-refractivity contribution in [2.24, 2.45) is 5.73 Å². The van der Waals surface area contributed by atoms with Crippen LogP contribution in [-0.4, -0.2) is 12.6 Å². The molecule has 0 aliphatic rings. The Morgan fingerprint density at radius 3 is 2.30 bits per heavy atom. The summed E-state index contributed by atoms with van der Waals surface area (Å²) in [5.74, 6) is 0. The van der Waals surface area contributed by atoms with E-state index in [1.807, 2.05) is 12.1 Å². The minimum absolute atomic E-state index is 0.113. The Morgan fingerprint density at radius 2 is 1.70 bits per heavy atom. The van der Waals surface area contributed by atoms with E-state index in [0.29, 0.717) is 18.0 Å². The molecule has 0 amide bonds. The van der Waals surface area contributed by atoms with Crippen molar-refractivity contribution in [2.75, 3.05) is 6.54 Å². The van der Waals surface area contributed by atoms with Crippen LogP contribution in [0.25, 0.3) is 0 Å². The minimum Gasteiger partial charge on any atom is -0.329 e. The van der Waals surface area contributed by atoms with Crippen LogP contribution in [0.15, 0.2) is 48.5 Å². The van der Waals surface area contributed by atoms with Gasteiger partial charge >= 0.3 is 6.18 Å². The maximum atomic E-state index is 13.0. The molecule has 0 saturated carbocycles. The number of nitrogens with one attached hydrogen (secondary N) is 1. The number of hydrogen-bond donors (Lipinski definition) is 2. The molecule has 124 valence electrons. The maximum absolute atomic E-state index is 13.0. The predicted molar refractivity (Wildman–Crippen MR) is 86.3 cm³/mol. The van der Waals surface area contributed by atoms with Gasteiger partial charge in [-0.25, -0.2) is 0 Å².